The summed E-state index contributed by atoms with van der Waals surface area (Å²) >= 11 is 0. The highest BCUT2D eigenvalue weighted by atomic mass is 19.1. The number of nitrogens with one attached hydrogen (secondary N) is 2. The monoisotopic (exact) mass is 564 g/mol. The van der Waals surface area contributed by atoms with Gasteiger partial charge in [-0.1, -0.05) is 19.1 Å². The molecular weight excluding hydrogens is 527 g/mol. The summed E-state index contributed by atoms with van der Waals surface area (Å²) in [5.74, 6) is 0.482. The predicted molar refractivity (Wildman–Crippen MR) is 156 cm³/mol. The van der Waals surface area contributed by atoms with Gasteiger partial charge in [0.05, 0.1) is 25.3 Å². The number of benzene rings is 3. The van der Waals surface area contributed by atoms with Crippen molar-refractivity contribution in [2.75, 3.05) is 44.5 Å². The summed E-state index contributed by atoms with van der Waals surface area (Å²) in [5.41, 5.74) is 2.24. The molecule has 0 saturated carbocycles. The zero-order valence-electron chi connectivity index (χ0n) is 23.8. The van der Waals surface area contributed by atoms with Gasteiger partial charge in [0, 0.05) is 36.9 Å². The number of hydrogen-bond donors (Lipinski definition) is 3. The first-order chi connectivity index (χ1) is 19.7. The molecule has 1 aliphatic rings. The second-order valence-electron chi connectivity index (χ2n) is 10.5. The van der Waals surface area contributed by atoms with E-state index in [0.717, 1.165) is 11.3 Å². The molecule has 41 heavy (non-hydrogen) atoms. The lowest BCUT2D eigenvalue weighted by atomic mass is 9.99. The van der Waals surface area contributed by atoms with Gasteiger partial charge in [0.15, 0.2) is 0 Å². The molecule has 1 aliphatic heterocycles. The largest absolute Gasteiger partial charge is 0.497 e. The maximum absolute atomic E-state index is 13.7. The van der Waals surface area contributed by atoms with Gasteiger partial charge < -0.3 is 30.1 Å². The van der Waals surface area contributed by atoms with Crippen LogP contribution in [-0.2, 0) is 6.54 Å². The first kappa shape index (κ1) is 29.8. The van der Waals surface area contributed by atoms with E-state index in [1.165, 1.54) is 24.3 Å². The molecule has 3 N–H and O–H groups in total. The second-order valence-corrected chi connectivity index (χ2v) is 10.5. The maximum atomic E-state index is 13.7. The Kier molecular flexibility index (Phi) is 9.80. The molecule has 1 heterocycles. The maximum Gasteiger partial charge on any atom is 0.323 e. The molecular formula is C31H37FN4O5. The highest BCUT2D eigenvalue weighted by molar-refractivity contribution is 6.02. The number of aliphatic hydroxyl groups is 1. The van der Waals surface area contributed by atoms with Gasteiger partial charge in [0.25, 0.3) is 5.91 Å². The van der Waals surface area contributed by atoms with Gasteiger partial charge >= 0.3 is 6.03 Å². The van der Waals surface area contributed by atoms with Crippen LogP contribution in [0.1, 0.15) is 29.8 Å². The Balaban J connectivity index is 1.54. The highest BCUT2D eigenvalue weighted by Crippen LogP contribution is 2.31. The van der Waals surface area contributed by atoms with Crippen molar-refractivity contribution in [1.82, 2.24) is 9.80 Å². The van der Waals surface area contributed by atoms with Crippen LogP contribution >= 0.6 is 0 Å². The zero-order chi connectivity index (χ0) is 29.5. The van der Waals surface area contributed by atoms with Gasteiger partial charge in [-0.15, -0.1) is 0 Å². The van der Waals surface area contributed by atoms with Crippen LogP contribution in [0.2, 0.25) is 0 Å². The molecule has 0 aromatic heterocycles. The van der Waals surface area contributed by atoms with Crippen molar-refractivity contribution >= 4 is 23.3 Å². The van der Waals surface area contributed by atoms with E-state index in [1.807, 2.05) is 38.2 Å². The Hall–Kier alpha value is -4.15. The quantitative estimate of drug-likeness (QED) is 0.344. The van der Waals surface area contributed by atoms with E-state index < -0.39 is 17.9 Å². The van der Waals surface area contributed by atoms with Crippen LogP contribution in [0.4, 0.5) is 20.6 Å². The van der Waals surface area contributed by atoms with E-state index in [4.69, 9.17) is 9.47 Å². The van der Waals surface area contributed by atoms with Crippen molar-refractivity contribution in [2.45, 2.75) is 32.5 Å². The molecule has 0 unspecified atom stereocenters. The summed E-state index contributed by atoms with van der Waals surface area (Å²) in [6.45, 7) is 5.35. The van der Waals surface area contributed by atoms with Crippen molar-refractivity contribution in [1.29, 1.82) is 0 Å². The Morgan fingerprint density at radius 2 is 1.78 bits per heavy atom. The summed E-state index contributed by atoms with van der Waals surface area (Å²) < 4.78 is 24.9. The molecule has 0 fully saturated rings. The number of fused-ring (bicyclic) bond motifs is 1. The lowest BCUT2D eigenvalue weighted by molar-refractivity contribution is 0.0341. The fourth-order valence-corrected chi connectivity index (χ4v) is 4.76. The number of halogens is 1. The molecule has 0 radical (unpaired) electrons. The number of ether oxygens (including phenoxy) is 2. The predicted octanol–water partition coefficient (Wildman–Crippen LogP) is 4.83. The van der Waals surface area contributed by atoms with E-state index in [9.17, 15) is 19.1 Å². The van der Waals surface area contributed by atoms with Crippen LogP contribution in [0.15, 0.2) is 66.7 Å². The molecule has 3 atom stereocenters. The number of hydrogen-bond acceptors (Lipinski definition) is 6. The van der Waals surface area contributed by atoms with Gasteiger partial charge in [-0.25, -0.2) is 9.18 Å². The van der Waals surface area contributed by atoms with Gasteiger partial charge in [-0.3, -0.25) is 9.69 Å². The topological polar surface area (TPSA) is 103 Å². The van der Waals surface area contributed by atoms with E-state index in [-0.39, 0.29) is 24.5 Å². The average Bonchev–Trinajstić information content (AvgIpc) is 2.96. The number of anilines is 2. The number of rotatable bonds is 9. The summed E-state index contributed by atoms with van der Waals surface area (Å²) in [5, 5.41) is 15.3. The average molecular weight is 565 g/mol. The summed E-state index contributed by atoms with van der Waals surface area (Å²) in [4.78, 5) is 30.1. The molecule has 3 aromatic rings. The van der Waals surface area contributed by atoms with Crippen LogP contribution in [-0.4, -0.2) is 72.8 Å². The van der Waals surface area contributed by atoms with E-state index in [0.29, 0.717) is 42.3 Å². The van der Waals surface area contributed by atoms with Gasteiger partial charge in [-0.05, 0) is 74.1 Å². The summed E-state index contributed by atoms with van der Waals surface area (Å²) in [6.07, 6.45) is -0.251. The van der Waals surface area contributed by atoms with E-state index in [2.05, 4.69) is 15.5 Å². The van der Waals surface area contributed by atoms with Crippen LogP contribution in [0.5, 0.6) is 11.5 Å². The molecule has 0 saturated heterocycles. The Morgan fingerprint density at radius 3 is 2.44 bits per heavy atom. The second kappa shape index (κ2) is 13.5. The summed E-state index contributed by atoms with van der Waals surface area (Å²) in [7, 11) is 3.66. The number of likely N-dealkylation sites (N-methyl/N-ethyl adjacent to an activating group) is 1. The highest BCUT2D eigenvalue weighted by Gasteiger charge is 2.33. The summed E-state index contributed by atoms with van der Waals surface area (Å²) in [6, 6.07) is 17.3. The number of urea groups is 1. The fourth-order valence-electron chi connectivity index (χ4n) is 4.76. The van der Waals surface area contributed by atoms with E-state index in [1.54, 1.807) is 37.1 Å². The molecule has 218 valence electrons. The first-order valence-corrected chi connectivity index (χ1v) is 13.5. The minimum atomic E-state index is -0.539. The third-order valence-corrected chi connectivity index (χ3v) is 7.13. The smallest absolute Gasteiger partial charge is 0.323 e. The minimum Gasteiger partial charge on any atom is -0.497 e. The van der Waals surface area contributed by atoms with Crippen LogP contribution in [0.25, 0.3) is 0 Å². The molecule has 3 aromatic carbocycles. The van der Waals surface area contributed by atoms with Crippen LogP contribution in [0, 0.1) is 11.7 Å². The van der Waals surface area contributed by atoms with E-state index >= 15 is 0 Å². The minimum absolute atomic E-state index is 0.0290. The SMILES string of the molecule is COc1ccc(CN(C)C[C@@H]2Oc3ccc(NC(=O)Nc4ccc(F)cc4)cc3C(=O)N([C@@H](C)CO)C[C@@H]2C)cc1. The lowest BCUT2D eigenvalue weighted by Gasteiger charge is -2.38. The molecule has 0 aliphatic carbocycles. The van der Waals surface area contributed by atoms with Crippen LogP contribution in [0.3, 0.4) is 0 Å². The molecule has 0 bridgehead atoms. The fraction of sp³-hybridized carbons (Fsp3) is 0.355. The third-order valence-electron chi connectivity index (χ3n) is 7.13. The van der Waals surface area contributed by atoms with Gasteiger partial charge in [-0.2, -0.15) is 0 Å². The number of carbonyl (C=O) groups is 2. The zero-order valence-corrected chi connectivity index (χ0v) is 23.8. The number of carbonyl (C=O) groups excluding carboxylic acids is 2. The molecule has 9 nitrogen and oxygen atoms in total. The number of methoxy groups -OCH3 is 1. The molecule has 10 heteroatoms. The van der Waals surface area contributed by atoms with Crippen LogP contribution < -0.4 is 20.1 Å². The number of amides is 3. The van der Waals surface area contributed by atoms with Gasteiger partial charge in [0.1, 0.15) is 23.4 Å². The Bertz CT molecular complexity index is 1340. The van der Waals surface area contributed by atoms with Crippen molar-refractivity contribution in [2.24, 2.45) is 5.92 Å². The lowest BCUT2D eigenvalue weighted by Crippen LogP contribution is -2.49. The Labute approximate surface area is 239 Å². The van der Waals surface area contributed by atoms with Crippen molar-refractivity contribution < 1.29 is 28.6 Å². The van der Waals surface area contributed by atoms with Crippen molar-refractivity contribution in [3.8, 4) is 11.5 Å². The van der Waals surface area contributed by atoms with Crippen molar-refractivity contribution in [3.05, 3.63) is 83.7 Å². The normalized spacial score (nSPS) is 17.6. The van der Waals surface area contributed by atoms with Gasteiger partial charge in [0.2, 0.25) is 0 Å². The standard InChI is InChI=1S/C31H37FN4O5/c1-20-16-36(21(2)19-37)30(38)27-15-25(34-31(39)33-24-9-7-23(32)8-10-24)11-14-28(27)41-29(20)18-35(3)17-22-5-12-26(40-4)13-6-22/h5-15,20-21,29,37H,16-19H2,1-4H3,(H2,33,34,39)/t20-,21-,29-/m0/s1. The third kappa shape index (κ3) is 7.74. The van der Waals surface area contributed by atoms with Crippen molar-refractivity contribution in [3.63, 3.8) is 0 Å². The molecule has 4 rings (SSSR count). The first-order valence-electron chi connectivity index (χ1n) is 13.5. The number of nitrogens with zero attached hydrogens (tertiary/aromatic N) is 2. The molecule has 0 spiro atoms. The number of aliphatic hydroxyl groups excluding tert-OH is 1. The Morgan fingerprint density at radius 1 is 1.12 bits per heavy atom. The molecule has 3 amide bonds.